The Balaban J connectivity index is 2.13. The van der Waals surface area contributed by atoms with Crippen molar-refractivity contribution in [1.82, 2.24) is 4.90 Å². The maximum Gasteiger partial charge on any atom is 0.0567 e. The van der Waals surface area contributed by atoms with Crippen molar-refractivity contribution < 1.29 is 0 Å². The van der Waals surface area contributed by atoms with Crippen molar-refractivity contribution in [2.45, 2.75) is 38.8 Å². The van der Waals surface area contributed by atoms with E-state index >= 15 is 0 Å². The minimum Gasteiger partial charge on any atom is -0.329 e. The van der Waals surface area contributed by atoms with Gasteiger partial charge in [-0.3, -0.25) is 4.90 Å². The van der Waals surface area contributed by atoms with E-state index in [4.69, 9.17) is 17.3 Å². The molecular weight excluding hydrogens is 252 g/mol. The Morgan fingerprint density at radius 3 is 2.65 bits per heavy atom. The molecule has 4 heteroatoms. The smallest absolute Gasteiger partial charge is 0.0567 e. The molecule has 1 saturated carbocycles. The van der Waals surface area contributed by atoms with E-state index in [1.165, 1.54) is 17.7 Å². The first-order valence-electron chi connectivity index (χ1n) is 6.31. The van der Waals surface area contributed by atoms with Crippen LogP contribution in [-0.4, -0.2) is 24.0 Å². The van der Waals surface area contributed by atoms with Crippen molar-refractivity contribution in [3.05, 3.63) is 21.3 Å². The predicted octanol–water partition coefficient (Wildman–Crippen LogP) is 3.52. The Morgan fingerprint density at radius 2 is 2.24 bits per heavy atom. The normalized spacial score (nSPS) is 18.0. The van der Waals surface area contributed by atoms with Gasteiger partial charge in [0.1, 0.15) is 0 Å². The minimum absolute atomic E-state index is 0.349. The third-order valence-corrected chi connectivity index (χ3v) is 4.51. The van der Waals surface area contributed by atoms with Crippen LogP contribution < -0.4 is 5.73 Å². The van der Waals surface area contributed by atoms with Crippen LogP contribution in [0.25, 0.3) is 0 Å². The average molecular weight is 273 g/mol. The second-order valence-electron chi connectivity index (χ2n) is 5.24. The molecule has 0 saturated heterocycles. The highest BCUT2D eigenvalue weighted by molar-refractivity contribution is 7.10. The van der Waals surface area contributed by atoms with Gasteiger partial charge in [-0.25, -0.2) is 0 Å². The SMILES string of the molecule is CC(C)CN(C1CC1)C(CN)c1cc(Cl)cs1. The summed E-state index contributed by atoms with van der Waals surface area (Å²) >= 11 is 7.75. The summed E-state index contributed by atoms with van der Waals surface area (Å²) in [5.41, 5.74) is 5.98. The van der Waals surface area contributed by atoms with Crippen LogP contribution in [0, 0.1) is 5.92 Å². The van der Waals surface area contributed by atoms with Crippen molar-refractivity contribution >= 4 is 22.9 Å². The van der Waals surface area contributed by atoms with Crippen molar-refractivity contribution in [2.75, 3.05) is 13.1 Å². The summed E-state index contributed by atoms with van der Waals surface area (Å²) < 4.78 is 0. The van der Waals surface area contributed by atoms with Gasteiger partial charge in [0, 0.05) is 29.4 Å². The lowest BCUT2D eigenvalue weighted by Crippen LogP contribution is -2.37. The number of rotatable bonds is 6. The lowest BCUT2D eigenvalue weighted by atomic mass is 10.1. The van der Waals surface area contributed by atoms with Gasteiger partial charge in [0.25, 0.3) is 0 Å². The molecule has 0 radical (unpaired) electrons. The highest BCUT2D eigenvalue weighted by atomic mass is 35.5. The molecule has 1 aliphatic rings. The minimum atomic E-state index is 0.349. The summed E-state index contributed by atoms with van der Waals surface area (Å²) in [7, 11) is 0. The molecule has 0 bridgehead atoms. The van der Waals surface area contributed by atoms with E-state index in [9.17, 15) is 0 Å². The van der Waals surface area contributed by atoms with Gasteiger partial charge in [-0.15, -0.1) is 11.3 Å². The predicted molar refractivity (Wildman–Crippen MR) is 75.7 cm³/mol. The van der Waals surface area contributed by atoms with E-state index in [0.29, 0.717) is 18.5 Å². The maximum atomic E-state index is 6.02. The van der Waals surface area contributed by atoms with Crippen LogP contribution in [0.3, 0.4) is 0 Å². The Kier molecular flexibility index (Phi) is 4.47. The van der Waals surface area contributed by atoms with Gasteiger partial charge in [0.2, 0.25) is 0 Å². The summed E-state index contributed by atoms with van der Waals surface area (Å²) in [6.07, 6.45) is 2.64. The third-order valence-electron chi connectivity index (χ3n) is 3.13. The Labute approximate surface area is 113 Å². The van der Waals surface area contributed by atoms with Gasteiger partial charge in [-0.2, -0.15) is 0 Å². The summed E-state index contributed by atoms with van der Waals surface area (Å²) in [6, 6.07) is 3.16. The number of hydrogen-bond donors (Lipinski definition) is 1. The molecule has 0 aromatic carbocycles. The Hall–Kier alpha value is -0.0900. The summed E-state index contributed by atoms with van der Waals surface area (Å²) in [5, 5.41) is 2.84. The molecule has 1 fully saturated rings. The van der Waals surface area contributed by atoms with Gasteiger partial charge in [0.05, 0.1) is 11.1 Å². The summed E-state index contributed by atoms with van der Waals surface area (Å²) in [4.78, 5) is 3.89. The van der Waals surface area contributed by atoms with Crippen LogP contribution in [0.2, 0.25) is 5.02 Å². The third kappa shape index (κ3) is 3.44. The van der Waals surface area contributed by atoms with Gasteiger partial charge < -0.3 is 5.73 Å². The molecule has 2 rings (SSSR count). The quantitative estimate of drug-likeness (QED) is 0.859. The molecule has 1 aromatic heterocycles. The van der Waals surface area contributed by atoms with Gasteiger partial charge in [-0.05, 0) is 24.8 Å². The monoisotopic (exact) mass is 272 g/mol. The number of nitrogens with zero attached hydrogens (tertiary/aromatic N) is 1. The van der Waals surface area contributed by atoms with Crippen LogP contribution in [0.4, 0.5) is 0 Å². The fraction of sp³-hybridized carbons (Fsp3) is 0.692. The van der Waals surface area contributed by atoms with Crippen molar-refractivity contribution in [3.63, 3.8) is 0 Å². The van der Waals surface area contributed by atoms with Crippen molar-refractivity contribution in [2.24, 2.45) is 11.7 Å². The average Bonchev–Trinajstić information content (AvgIpc) is 3.02. The fourth-order valence-corrected chi connectivity index (χ4v) is 3.49. The number of halogens is 1. The molecule has 2 nitrogen and oxygen atoms in total. The first-order chi connectivity index (χ1) is 8.11. The first kappa shape index (κ1) is 13.3. The Bertz CT molecular complexity index is 360. The Morgan fingerprint density at radius 1 is 1.53 bits per heavy atom. The summed E-state index contributed by atoms with van der Waals surface area (Å²) in [6.45, 7) is 6.34. The van der Waals surface area contributed by atoms with E-state index in [-0.39, 0.29) is 0 Å². The van der Waals surface area contributed by atoms with E-state index in [1.807, 2.05) is 5.38 Å². The lowest BCUT2D eigenvalue weighted by molar-refractivity contribution is 0.172. The molecule has 96 valence electrons. The lowest BCUT2D eigenvalue weighted by Gasteiger charge is -2.31. The molecule has 1 aliphatic carbocycles. The molecule has 0 aliphatic heterocycles. The highest BCUT2D eigenvalue weighted by Crippen LogP contribution is 2.37. The zero-order valence-corrected chi connectivity index (χ0v) is 12.1. The maximum absolute atomic E-state index is 6.02. The van der Waals surface area contributed by atoms with E-state index in [2.05, 4.69) is 24.8 Å². The molecule has 2 N–H and O–H groups in total. The van der Waals surface area contributed by atoms with Gasteiger partial charge in [0.15, 0.2) is 0 Å². The second-order valence-corrected chi connectivity index (χ2v) is 6.62. The fourth-order valence-electron chi connectivity index (χ4n) is 2.28. The van der Waals surface area contributed by atoms with Crippen LogP contribution >= 0.6 is 22.9 Å². The van der Waals surface area contributed by atoms with E-state index in [1.54, 1.807) is 11.3 Å². The summed E-state index contributed by atoms with van der Waals surface area (Å²) in [5.74, 6) is 0.681. The molecule has 1 heterocycles. The van der Waals surface area contributed by atoms with Crippen LogP contribution in [0.1, 0.15) is 37.6 Å². The number of nitrogens with two attached hydrogens (primary N) is 1. The second kappa shape index (κ2) is 5.70. The first-order valence-corrected chi connectivity index (χ1v) is 7.57. The zero-order valence-electron chi connectivity index (χ0n) is 10.5. The van der Waals surface area contributed by atoms with Gasteiger partial charge >= 0.3 is 0 Å². The molecule has 1 atom stereocenters. The molecule has 0 spiro atoms. The highest BCUT2D eigenvalue weighted by Gasteiger charge is 2.34. The molecule has 17 heavy (non-hydrogen) atoms. The zero-order chi connectivity index (χ0) is 12.4. The van der Waals surface area contributed by atoms with Crippen molar-refractivity contribution in [1.29, 1.82) is 0 Å². The van der Waals surface area contributed by atoms with Crippen molar-refractivity contribution in [3.8, 4) is 0 Å². The largest absolute Gasteiger partial charge is 0.329 e. The van der Waals surface area contributed by atoms with Crippen LogP contribution in [-0.2, 0) is 0 Å². The standard InChI is InChI=1S/C13H21ClN2S/c1-9(2)7-16(11-3-4-11)12(6-15)13-5-10(14)8-17-13/h5,8-9,11-12H,3-4,6-7,15H2,1-2H3. The van der Waals surface area contributed by atoms with Crippen LogP contribution in [0.5, 0.6) is 0 Å². The van der Waals surface area contributed by atoms with E-state index < -0.39 is 0 Å². The topological polar surface area (TPSA) is 29.3 Å². The van der Waals surface area contributed by atoms with E-state index in [0.717, 1.165) is 17.6 Å². The molecule has 0 amide bonds. The van der Waals surface area contributed by atoms with Gasteiger partial charge in [-0.1, -0.05) is 25.4 Å². The number of thiophene rings is 1. The number of hydrogen-bond acceptors (Lipinski definition) is 3. The molecule has 1 unspecified atom stereocenters. The molecular formula is C13H21ClN2S. The molecule has 1 aromatic rings. The van der Waals surface area contributed by atoms with Crippen LogP contribution in [0.15, 0.2) is 11.4 Å².